The highest BCUT2D eigenvalue weighted by atomic mass is 31.2. The van der Waals surface area contributed by atoms with Crippen molar-refractivity contribution >= 4 is 19.8 Å². The number of quaternary nitrogens is 1. The van der Waals surface area contributed by atoms with Crippen LogP contribution in [0.4, 0.5) is 0 Å². The molecule has 432 valence electrons. The molecule has 0 spiro atoms. The van der Waals surface area contributed by atoms with E-state index in [0.717, 1.165) is 51.4 Å². The molecule has 0 aromatic heterocycles. The fraction of sp³-hybridized carbons (Fsp3) is 0.812. The summed E-state index contributed by atoms with van der Waals surface area (Å²) >= 11 is 0. The third-order valence-electron chi connectivity index (χ3n) is 13.6. The van der Waals surface area contributed by atoms with Crippen LogP contribution in [0, 0.1) is 0 Å². The Hall–Kier alpha value is -2.29. The Morgan fingerprint density at radius 3 is 1.14 bits per heavy atom. The maximum atomic E-state index is 12.7. The summed E-state index contributed by atoms with van der Waals surface area (Å²) in [7, 11) is 1.13. The monoisotopic (exact) mass is 1060 g/mol. The van der Waals surface area contributed by atoms with Gasteiger partial charge in [-0.15, -0.1) is 0 Å². The Balaban J connectivity index is 4.02. The van der Waals surface area contributed by atoms with Crippen LogP contribution in [0.15, 0.2) is 60.8 Å². The van der Waals surface area contributed by atoms with Crippen LogP contribution in [-0.4, -0.2) is 70.0 Å². The summed E-state index contributed by atoms with van der Waals surface area (Å²) in [5, 5.41) is 0. The van der Waals surface area contributed by atoms with Crippen molar-refractivity contribution in [2.24, 2.45) is 0 Å². The molecule has 0 fully saturated rings. The highest BCUT2D eigenvalue weighted by molar-refractivity contribution is 7.45. The van der Waals surface area contributed by atoms with Gasteiger partial charge < -0.3 is 27.9 Å². The highest BCUT2D eigenvalue weighted by Crippen LogP contribution is 2.38. The van der Waals surface area contributed by atoms with E-state index in [-0.39, 0.29) is 26.1 Å². The summed E-state index contributed by atoms with van der Waals surface area (Å²) < 4.78 is 34.1. The summed E-state index contributed by atoms with van der Waals surface area (Å²) in [5.74, 6) is -0.894. The molecule has 0 radical (unpaired) electrons. The Kier molecular flexibility index (Phi) is 53.7. The van der Waals surface area contributed by atoms with Crippen molar-refractivity contribution in [3.8, 4) is 0 Å². The molecule has 0 aromatic carbocycles. The van der Waals surface area contributed by atoms with E-state index >= 15 is 0 Å². The zero-order valence-corrected chi connectivity index (χ0v) is 49.9. The molecule has 0 saturated carbocycles. The molecular formula is C64H118NO8P. The van der Waals surface area contributed by atoms with Crippen LogP contribution in [-0.2, 0) is 32.7 Å². The van der Waals surface area contributed by atoms with Gasteiger partial charge in [-0.05, 0) is 51.4 Å². The van der Waals surface area contributed by atoms with E-state index in [2.05, 4.69) is 68.5 Å². The first-order valence-corrected chi connectivity index (χ1v) is 32.5. The van der Waals surface area contributed by atoms with Gasteiger partial charge >= 0.3 is 11.9 Å². The standard InChI is InChI=1S/C64H118NO8P/c1-6-8-10-12-14-16-18-20-22-24-25-26-27-28-29-30-31-32-33-34-35-36-37-38-39-41-42-44-46-48-50-52-54-56-63(66)70-60-62(61-72-74(68,69)71-59-58-65(3,4)5)73-64(67)57-55-53-51-49-47-45-43-40-23-21-19-17-15-13-11-9-7-2/h9,11,15,17,21,23,43,45,49,51,62H,6-8,10,12-14,16,18-20,22,24-42,44,46-48,50,52-61H2,1-5H3/b11-9-,17-15-,23-21-,45-43-,51-49-. The van der Waals surface area contributed by atoms with Crippen molar-refractivity contribution in [1.29, 1.82) is 0 Å². The number of unbranched alkanes of at least 4 members (excludes halogenated alkanes) is 33. The Morgan fingerprint density at radius 2 is 0.770 bits per heavy atom. The van der Waals surface area contributed by atoms with Crippen molar-refractivity contribution in [2.75, 3.05) is 47.5 Å². The molecule has 74 heavy (non-hydrogen) atoms. The van der Waals surface area contributed by atoms with Crippen molar-refractivity contribution in [3.05, 3.63) is 60.8 Å². The molecule has 0 heterocycles. The van der Waals surface area contributed by atoms with E-state index < -0.39 is 32.5 Å². The van der Waals surface area contributed by atoms with Crippen molar-refractivity contribution < 1.29 is 42.1 Å². The first-order valence-electron chi connectivity index (χ1n) is 31.0. The Bertz CT molecular complexity index is 1430. The van der Waals surface area contributed by atoms with Gasteiger partial charge in [-0.3, -0.25) is 14.2 Å². The predicted molar refractivity (Wildman–Crippen MR) is 314 cm³/mol. The molecule has 0 amide bonds. The number of likely N-dealkylation sites (N-methyl/N-ethyl adjacent to an activating group) is 1. The molecule has 0 bridgehead atoms. The van der Waals surface area contributed by atoms with Crippen molar-refractivity contribution in [2.45, 2.75) is 290 Å². The summed E-state index contributed by atoms with van der Waals surface area (Å²) in [6.45, 7) is 4.09. The third kappa shape index (κ3) is 59.0. The van der Waals surface area contributed by atoms with E-state index in [0.29, 0.717) is 23.9 Å². The van der Waals surface area contributed by atoms with Gasteiger partial charge in [-0.2, -0.15) is 0 Å². The van der Waals surface area contributed by atoms with E-state index in [9.17, 15) is 19.0 Å². The van der Waals surface area contributed by atoms with Gasteiger partial charge in [0.15, 0.2) is 6.10 Å². The smallest absolute Gasteiger partial charge is 0.306 e. The topological polar surface area (TPSA) is 111 Å². The number of ether oxygens (including phenoxy) is 2. The summed E-state index contributed by atoms with van der Waals surface area (Å²) in [4.78, 5) is 37.8. The second-order valence-corrected chi connectivity index (χ2v) is 23.5. The Labute approximate surface area is 457 Å². The van der Waals surface area contributed by atoms with Gasteiger partial charge in [0, 0.05) is 12.8 Å². The lowest BCUT2D eigenvalue weighted by atomic mass is 10.0. The van der Waals surface area contributed by atoms with E-state index in [1.807, 2.05) is 27.2 Å². The van der Waals surface area contributed by atoms with Crippen LogP contribution in [0.3, 0.4) is 0 Å². The Morgan fingerprint density at radius 1 is 0.432 bits per heavy atom. The SMILES string of the molecule is CC/C=C\C/C=C\C/C=C\C/C=C\C/C=C\CCCC(=O)OC(COC(=O)CCCCCCCCCCCCCCCCCCCCCCCCCCCCCCCCCCC)COP(=O)([O-])OCC[N+](C)(C)C. The fourth-order valence-electron chi connectivity index (χ4n) is 8.81. The fourth-order valence-corrected chi connectivity index (χ4v) is 9.54. The molecule has 0 aliphatic heterocycles. The predicted octanol–water partition coefficient (Wildman–Crippen LogP) is 18.9. The number of hydrogen-bond donors (Lipinski definition) is 0. The molecule has 10 heteroatoms. The van der Waals surface area contributed by atoms with E-state index in [1.54, 1.807) is 0 Å². The number of nitrogens with zero attached hydrogens (tertiary/aromatic N) is 1. The number of esters is 2. The normalized spacial score (nSPS) is 13.6. The second kappa shape index (κ2) is 55.5. The summed E-state index contributed by atoms with van der Waals surface area (Å²) in [5.41, 5.74) is 0. The first-order chi connectivity index (χ1) is 36.0. The number of carbonyl (C=O) groups is 2. The quantitative estimate of drug-likeness (QED) is 0.0195. The maximum Gasteiger partial charge on any atom is 0.306 e. The first kappa shape index (κ1) is 71.7. The van der Waals surface area contributed by atoms with Gasteiger partial charge in [0.25, 0.3) is 7.82 Å². The lowest BCUT2D eigenvalue weighted by Crippen LogP contribution is -2.37. The van der Waals surface area contributed by atoms with Crippen LogP contribution >= 0.6 is 7.82 Å². The second-order valence-electron chi connectivity index (χ2n) is 22.0. The minimum Gasteiger partial charge on any atom is -0.756 e. The third-order valence-corrected chi connectivity index (χ3v) is 14.5. The van der Waals surface area contributed by atoms with Crippen LogP contribution in [0.1, 0.15) is 284 Å². The van der Waals surface area contributed by atoms with Crippen molar-refractivity contribution in [3.63, 3.8) is 0 Å². The summed E-state index contributed by atoms with van der Waals surface area (Å²) in [6.07, 6.45) is 71.8. The lowest BCUT2D eigenvalue weighted by molar-refractivity contribution is -0.870. The minimum absolute atomic E-state index is 0.0424. The van der Waals surface area contributed by atoms with Crippen LogP contribution in [0.5, 0.6) is 0 Å². The zero-order chi connectivity index (χ0) is 54.2. The average molecular weight is 1060 g/mol. The summed E-state index contributed by atoms with van der Waals surface area (Å²) in [6, 6.07) is 0. The molecule has 0 saturated heterocycles. The number of hydrogen-bond acceptors (Lipinski definition) is 8. The average Bonchev–Trinajstić information content (AvgIpc) is 3.36. The van der Waals surface area contributed by atoms with E-state index in [1.165, 1.54) is 193 Å². The minimum atomic E-state index is -4.65. The number of phosphoric acid groups is 1. The molecular weight excluding hydrogens is 942 g/mol. The maximum absolute atomic E-state index is 12.7. The number of carbonyl (C=O) groups excluding carboxylic acids is 2. The largest absolute Gasteiger partial charge is 0.756 e. The molecule has 2 atom stereocenters. The van der Waals surface area contributed by atoms with Crippen LogP contribution in [0.25, 0.3) is 0 Å². The molecule has 0 aliphatic carbocycles. The van der Waals surface area contributed by atoms with Crippen LogP contribution in [0.2, 0.25) is 0 Å². The molecule has 9 nitrogen and oxygen atoms in total. The zero-order valence-electron chi connectivity index (χ0n) is 49.0. The molecule has 0 rings (SSSR count). The van der Waals surface area contributed by atoms with Crippen molar-refractivity contribution in [1.82, 2.24) is 0 Å². The lowest BCUT2D eigenvalue weighted by Gasteiger charge is -2.28. The van der Waals surface area contributed by atoms with Gasteiger partial charge in [-0.1, -0.05) is 280 Å². The molecule has 0 aromatic rings. The van der Waals surface area contributed by atoms with Gasteiger partial charge in [-0.25, -0.2) is 0 Å². The highest BCUT2D eigenvalue weighted by Gasteiger charge is 2.21. The number of allylic oxidation sites excluding steroid dienone is 10. The number of phosphoric ester groups is 1. The molecule has 0 N–H and O–H groups in total. The number of rotatable bonds is 57. The molecule has 2 unspecified atom stereocenters. The van der Waals surface area contributed by atoms with Gasteiger partial charge in [0.1, 0.15) is 19.8 Å². The van der Waals surface area contributed by atoms with Gasteiger partial charge in [0.2, 0.25) is 0 Å². The van der Waals surface area contributed by atoms with Gasteiger partial charge in [0.05, 0.1) is 27.7 Å². The van der Waals surface area contributed by atoms with E-state index in [4.69, 9.17) is 18.5 Å². The molecule has 0 aliphatic rings. The van der Waals surface area contributed by atoms with Crippen LogP contribution < -0.4 is 4.89 Å².